The third-order valence-electron chi connectivity index (χ3n) is 2.79. The Labute approximate surface area is 147 Å². The van der Waals surface area contributed by atoms with Gasteiger partial charge < -0.3 is 5.48 Å². The Morgan fingerprint density at radius 1 is 0.455 bits per heavy atom. The Hall–Kier alpha value is -1.04. The summed E-state index contributed by atoms with van der Waals surface area (Å²) >= 11 is -1.36. The maximum absolute atomic E-state index is 2.26. The quantitative estimate of drug-likeness (QED) is 0.460. The second-order valence-corrected chi connectivity index (χ2v) is 8.42. The van der Waals surface area contributed by atoms with Crippen LogP contribution in [0.3, 0.4) is 0 Å². The van der Waals surface area contributed by atoms with E-state index >= 15 is 0 Å². The molecule has 22 heavy (non-hydrogen) atoms. The van der Waals surface area contributed by atoms with Crippen molar-refractivity contribution in [3.8, 4) is 0 Å². The molecular weight excluding hydrogens is 400 g/mol. The summed E-state index contributed by atoms with van der Waals surface area (Å²) in [5, 5.41) is 0. The SMILES string of the molecule is Cl.O.P.c1cc[c]([Ru]([c]2ccccc2)[c]2ccccc2)cc1. The summed E-state index contributed by atoms with van der Waals surface area (Å²) in [7, 11) is 0. The summed E-state index contributed by atoms with van der Waals surface area (Å²) in [4.78, 5) is 0. The molecule has 0 aliphatic heterocycles. The average Bonchev–Trinajstić information content (AvgIpc) is 2.51. The third kappa shape index (κ3) is 5.01. The van der Waals surface area contributed by atoms with Crippen LogP contribution >= 0.6 is 22.3 Å². The monoisotopic (exact) mass is 421 g/mol. The van der Waals surface area contributed by atoms with Crippen molar-refractivity contribution in [1.29, 1.82) is 0 Å². The van der Waals surface area contributed by atoms with Gasteiger partial charge in [-0.3, -0.25) is 0 Å². The standard InChI is InChI=1S/3C6H5.ClH.H2O.H3P.Ru/c3*1-2-4-6-5-3-1;;;;/h3*1-5H;1H;1H2;1H3;. The molecule has 0 saturated carbocycles. The van der Waals surface area contributed by atoms with Crippen LogP contribution in [0.15, 0.2) is 91.0 Å². The Morgan fingerprint density at radius 3 is 0.909 bits per heavy atom. The molecule has 1 atom stereocenters. The van der Waals surface area contributed by atoms with Gasteiger partial charge in [-0.2, -0.15) is 9.90 Å². The van der Waals surface area contributed by atoms with Crippen molar-refractivity contribution >= 4 is 34.8 Å². The summed E-state index contributed by atoms with van der Waals surface area (Å²) in [6.07, 6.45) is 0. The third-order valence-corrected chi connectivity index (χ3v) is 7.54. The zero-order valence-electron chi connectivity index (χ0n) is 12.1. The molecule has 0 radical (unpaired) electrons. The number of hydrogen-bond donors (Lipinski definition) is 0. The van der Waals surface area contributed by atoms with Crippen molar-refractivity contribution in [3.63, 3.8) is 0 Å². The van der Waals surface area contributed by atoms with Crippen LogP contribution in [-0.2, 0) is 16.0 Å². The summed E-state index contributed by atoms with van der Waals surface area (Å²) in [5.74, 6) is 0. The summed E-state index contributed by atoms with van der Waals surface area (Å²) in [6.45, 7) is 0. The predicted molar refractivity (Wildman–Crippen MR) is 100 cm³/mol. The van der Waals surface area contributed by atoms with E-state index in [2.05, 4.69) is 91.0 Å². The fourth-order valence-corrected chi connectivity index (χ4v) is 6.42. The zero-order chi connectivity index (χ0) is 12.9. The molecule has 0 aromatic heterocycles. The van der Waals surface area contributed by atoms with Gasteiger partial charge in [-0.15, -0.1) is 12.4 Å². The maximum atomic E-state index is 2.26. The molecular formula is C18H21ClOPRu. The average molecular weight is 421 g/mol. The van der Waals surface area contributed by atoms with E-state index < -0.39 is 16.0 Å². The van der Waals surface area contributed by atoms with Gasteiger partial charge in [0.2, 0.25) is 0 Å². The number of benzene rings is 3. The fraction of sp³-hybridized carbons (Fsp3) is 0. The van der Waals surface area contributed by atoms with E-state index in [1.54, 1.807) is 0 Å². The Morgan fingerprint density at radius 2 is 0.682 bits per heavy atom. The van der Waals surface area contributed by atoms with Crippen LogP contribution in [0, 0.1) is 0 Å². The van der Waals surface area contributed by atoms with E-state index in [-0.39, 0.29) is 27.8 Å². The predicted octanol–water partition coefficient (Wildman–Crippen LogP) is 2.24. The molecule has 0 spiro atoms. The van der Waals surface area contributed by atoms with Crippen LogP contribution in [0.1, 0.15) is 0 Å². The molecule has 0 fully saturated rings. The second kappa shape index (κ2) is 10.6. The van der Waals surface area contributed by atoms with E-state index in [1.165, 1.54) is 12.5 Å². The van der Waals surface area contributed by atoms with E-state index in [0.29, 0.717) is 0 Å². The zero-order valence-corrected chi connectivity index (χ0v) is 16.1. The minimum absolute atomic E-state index is 0. The van der Waals surface area contributed by atoms with Gasteiger partial charge in [0.25, 0.3) is 0 Å². The van der Waals surface area contributed by atoms with Crippen LogP contribution in [0.4, 0.5) is 0 Å². The minimum atomic E-state index is -1.36. The molecule has 1 unspecified atom stereocenters. The molecule has 0 heterocycles. The number of halogens is 1. The van der Waals surface area contributed by atoms with Crippen LogP contribution in [-0.4, -0.2) is 5.48 Å². The normalized spacial score (nSPS) is 9.55. The molecule has 119 valence electrons. The van der Waals surface area contributed by atoms with E-state index in [0.717, 1.165) is 0 Å². The van der Waals surface area contributed by atoms with Gasteiger partial charge in [0, 0.05) is 0 Å². The fourth-order valence-electron chi connectivity index (χ4n) is 1.94. The first-order valence-corrected chi connectivity index (χ1v) is 8.87. The molecule has 3 aromatic rings. The van der Waals surface area contributed by atoms with E-state index in [1.807, 2.05) is 0 Å². The van der Waals surface area contributed by atoms with Gasteiger partial charge in [-0.05, 0) is 0 Å². The first-order chi connectivity index (χ1) is 9.45. The van der Waals surface area contributed by atoms with Crippen LogP contribution in [0.5, 0.6) is 0 Å². The molecule has 3 rings (SSSR count). The number of rotatable bonds is 3. The molecule has 0 saturated heterocycles. The van der Waals surface area contributed by atoms with Crippen LogP contribution in [0.25, 0.3) is 0 Å². The molecule has 1 nitrogen and oxygen atoms in total. The summed E-state index contributed by atoms with van der Waals surface area (Å²) in [6, 6.07) is 32.7. The van der Waals surface area contributed by atoms with Crippen LogP contribution in [0.2, 0.25) is 0 Å². The molecule has 2 N–H and O–H groups in total. The molecule has 4 heteroatoms. The van der Waals surface area contributed by atoms with Crippen molar-refractivity contribution in [1.82, 2.24) is 0 Å². The number of hydrogen-bond acceptors (Lipinski definition) is 0. The van der Waals surface area contributed by atoms with Gasteiger partial charge in [0.1, 0.15) is 0 Å². The van der Waals surface area contributed by atoms with Gasteiger partial charge in [-0.1, -0.05) is 0 Å². The van der Waals surface area contributed by atoms with Crippen molar-refractivity contribution in [3.05, 3.63) is 91.0 Å². The Bertz CT molecular complexity index is 541. The van der Waals surface area contributed by atoms with Gasteiger partial charge in [-0.25, -0.2) is 0 Å². The molecule has 0 aliphatic rings. The van der Waals surface area contributed by atoms with Crippen LogP contribution < -0.4 is 12.5 Å². The van der Waals surface area contributed by atoms with E-state index in [4.69, 9.17) is 0 Å². The second-order valence-electron chi connectivity index (χ2n) is 4.11. The molecule has 0 aliphatic carbocycles. The van der Waals surface area contributed by atoms with Crippen molar-refractivity contribution < 1.29 is 21.4 Å². The summed E-state index contributed by atoms with van der Waals surface area (Å²) < 4.78 is 4.43. The summed E-state index contributed by atoms with van der Waals surface area (Å²) in [5.41, 5.74) is 0. The topological polar surface area (TPSA) is 31.5 Å². The molecule has 0 bridgehead atoms. The Balaban J connectivity index is 0.00000147. The first kappa shape index (κ1) is 21.0. The van der Waals surface area contributed by atoms with Crippen molar-refractivity contribution in [2.45, 2.75) is 0 Å². The van der Waals surface area contributed by atoms with Crippen molar-refractivity contribution in [2.24, 2.45) is 0 Å². The molecule has 0 amide bonds. The van der Waals surface area contributed by atoms with E-state index in [9.17, 15) is 0 Å². The first-order valence-electron chi connectivity index (χ1n) is 6.26. The molecule has 3 aromatic carbocycles. The van der Waals surface area contributed by atoms with Gasteiger partial charge in [0.15, 0.2) is 0 Å². The van der Waals surface area contributed by atoms with Gasteiger partial charge in [0.05, 0.1) is 0 Å². The Kier molecular flexibility index (Phi) is 10.1. The van der Waals surface area contributed by atoms with Gasteiger partial charge >= 0.3 is 119 Å². The van der Waals surface area contributed by atoms with Crippen molar-refractivity contribution in [2.75, 3.05) is 0 Å².